The maximum absolute atomic E-state index is 12.6. The minimum Gasteiger partial charge on any atom is -0.493 e. The van der Waals surface area contributed by atoms with Crippen LogP contribution in [0, 0.1) is 5.92 Å². The van der Waals surface area contributed by atoms with Crippen LogP contribution in [-0.2, 0) is 29.0 Å². The maximum atomic E-state index is 12.6. The number of fused-ring (bicyclic) bond motifs is 1. The molecule has 0 spiro atoms. The van der Waals surface area contributed by atoms with Gasteiger partial charge in [0, 0.05) is 51.7 Å². The summed E-state index contributed by atoms with van der Waals surface area (Å²) >= 11 is 0. The number of rotatable bonds is 7. The van der Waals surface area contributed by atoms with Crippen LogP contribution in [0.1, 0.15) is 43.0 Å². The molecule has 9 nitrogen and oxygen atoms in total. The summed E-state index contributed by atoms with van der Waals surface area (Å²) < 4.78 is 18.3. The third-order valence-electron chi connectivity index (χ3n) is 6.34. The molecule has 1 saturated heterocycles. The molecule has 174 valence electrons. The average Bonchev–Trinajstić information content (AvgIpc) is 3.14. The van der Waals surface area contributed by atoms with Crippen LogP contribution in [-0.4, -0.2) is 66.1 Å². The summed E-state index contributed by atoms with van der Waals surface area (Å²) in [6.07, 6.45) is 2.38. The molecule has 0 bridgehead atoms. The van der Waals surface area contributed by atoms with Gasteiger partial charge in [-0.25, -0.2) is 0 Å². The highest BCUT2D eigenvalue weighted by atomic mass is 16.5. The minimum absolute atomic E-state index is 0.0229. The fourth-order valence-electron chi connectivity index (χ4n) is 4.46. The number of ether oxygens (including phenoxy) is 3. The molecular formula is C23H33N5O4. The van der Waals surface area contributed by atoms with E-state index in [1.165, 1.54) is 5.56 Å². The van der Waals surface area contributed by atoms with Crippen molar-refractivity contribution in [1.29, 1.82) is 0 Å². The van der Waals surface area contributed by atoms with Crippen molar-refractivity contribution in [3.8, 4) is 11.5 Å². The monoisotopic (exact) mass is 443 g/mol. The van der Waals surface area contributed by atoms with Gasteiger partial charge in [-0.3, -0.25) is 9.69 Å². The Balaban J connectivity index is 1.38. The van der Waals surface area contributed by atoms with Crippen molar-refractivity contribution in [2.45, 2.75) is 45.3 Å². The standard InChI is InChI=1S/C23H33N5O4/c1-16(24-23(29)18-7-12-32-13-8-18)22-26-25-21-6-9-27(10-11-28(21)22)15-17-4-5-19(30-2)20(14-17)31-3/h4-5,14,16,18H,6-13,15H2,1-3H3,(H,24,29)/t16-/m1/s1. The number of methoxy groups -OCH3 is 2. The van der Waals surface area contributed by atoms with E-state index in [9.17, 15) is 4.79 Å². The van der Waals surface area contributed by atoms with E-state index in [0.29, 0.717) is 13.2 Å². The molecule has 1 fully saturated rings. The zero-order valence-corrected chi connectivity index (χ0v) is 19.2. The van der Waals surface area contributed by atoms with Gasteiger partial charge in [0.25, 0.3) is 0 Å². The van der Waals surface area contributed by atoms with Crippen molar-refractivity contribution in [3.05, 3.63) is 35.4 Å². The topological polar surface area (TPSA) is 90.7 Å². The average molecular weight is 444 g/mol. The van der Waals surface area contributed by atoms with Gasteiger partial charge in [0.15, 0.2) is 17.3 Å². The summed E-state index contributed by atoms with van der Waals surface area (Å²) in [4.78, 5) is 15.0. The molecular weight excluding hydrogens is 410 g/mol. The Hall–Kier alpha value is -2.65. The van der Waals surface area contributed by atoms with Gasteiger partial charge in [-0.05, 0) is 37.5 Å². The lowest BCUT2D eigenvalue weighted by atomic mass is 9.99. The highest BCUT2D eigenvalue weighted by Gasteiger charge is 2.26. The number of hydrogen-bond donors (Lipinski definition) is 1. The number of aromatic nitrogens is 3. The first kappa shape index (κ1) is 22.5. The van der Waals surface area contributed by atoms with E-state index >= 15 is 0 Å². The fraction of sp³-hybridized carbons (Fsp3) is 0.609. The second-order valence-electron chi connectivity index (χ2n) is 8.46. The minimum atomic E-state index is -0.177. The molecule has 2 aromatic rings. The van der Waals surface area contributed by atoms with Gasteiger partial charge in [0.1, 0.15) is 5.82 Å². The quantitative estimate of drug-likeness (QED) is 0.699. The smallest absolute Gasteiger partial charge is 0.223 e. The zero-order chi connectivity index (χ0) is 22.5. The Morgan fingerprint density at radius 2 is 1.94 bits per heavy atom. The van der Waals surface area contributed by atoms with Crippen molar-refractivity contribution in [2.24, 2.45) is 5.92 Å². The van der Waals surface area contributed by atoms with E-state index in [1.807, 2.05) is 19.1 Å². The van der Waals surface area contributed by atoms with Gasteiger partial charge in [-0.15, -0.1) is 10.2 Å². The van der Waals surface area contributed by atoms with Crippen LogP contribution in [0.4, 0.5) is 0 Å². The fourth-order valence-corrected chi connectivity index (χ4v) is 4.46. The molecule has 2 aliphatic rings. The number of amides is 1. The van der Waals surface area contributed by atoms with Crippen LogP contribution in [0.5, 0.6) is 11.5 Å². The summed E-state index contributed by atoms with van der Waals surface area (Å²) in [5.74, 6) is 3.39. The van der Waals surface area contributed by atoms with Gasteiger partial charge in [0.2, 0.25) is 5.91 Å². The molecule has 1 aromatic heterocycles. The lowest BCUT2D eigenvalue weighted by Gasteiger charge is -2.23. The second kappa shape index (κ2) is 10.3. The molecule has 9 heteroatoms. The number of nitrogens with one attached hydrogen (secondary N) is 1. The summed E-state index contributed by atoms with van der Waals surface area (Å²) in [6.45, 7) is 6.70. The molecule has 32 heavy (non-hydrogen) atoms. The van der Waals surface area contributed by atoms with E-state index < -0.39 is 0 Å². The van der Waals surface area contributed by atoms with E-state index in [4.69, 9.17) is 14.2 Å². The van der Waals surface area contributed by atoms with Crippen LogP contribution in [0.25, 0.3) is 0 Å². The predicted octanol–water partition coefficient (Wildman–Crippen LogP) is 1.96. The van der Waals surface area contributed by atoms with E-state index in [-0.39, 0.29) is 17.9 Å². The molecule has 1 N–H and O–H groups in total. The molecule has 0 unspecified atom stereocenters. The molecule has 3 heterocycles. The first-order valence-electron chi connectivity index (χ1n) is 11.3. The molecule has 2 aliphatic heterocycles. The molecule has 0 saturated carbocycles. The summed E-state index contributed by atoms with van der Waals surface area (Å²) in [7, 11) is 3.30. The largest absolute Gasteiger partial charge is 0.493 e. The Bertz CT molecular complexity index is 925. The lowest BCUT2D eigenvalue weighted by molar-refractivity contribution is -0.128. The van der Waals surface area contributed by atoms with Crippen molar-refractivity contribution in [3.63, 3.8) is 0 Å². The SMILES string of the molecule is COc1ccc(CN2CCc3nnc([C@@H](C)NC(=O)C4CCOCC4)n3CC2)cc1OC. The maximum Gasteiger partial charge on any atom is 0.223 e. The first-order chi connectivity index (χ1) is 15.6. The zero-order valence-electron chi connectivity index (χ0n) is 19.2. The van der Waals surface area contributed by atoms with E-state index in [2.05, 4.69) is 31.0 Å². The molecule has 0 radical (unpaired) electrons. The third-order valence-corrected chi connectivity index (χ3v) is 6.34. The number of carbonyl (C=O) groups is 1. The van der Waals surface area contributed by atoms with Crippen molar-refractivity contribution in [2.75, 3.05) is 40.5 Å². The Kier molecular flexibility index (Phi) is 7.26. The van der Waals surface area contributed by atoms with Crippen molar-refractivity contribution < 1.29 is 19.0 Å². The van der Waals surface area contributed by atoms with Gasteiger partial charge < -0.3 is 24.1 Å². The van der Waals surface area contributed by atoms with Gasteiger partial charge in [0.05, 0.1) is 20.3 Å². The summed E-state index contributed by atoms with van der Waals surface area (Å²) in [5.41, 5.74) is 1.18. The Morgan fingerprint density at radius 1 is 1.16 bits per heavy atom. The highest BCUT2D eigenvalue weighted by Crippen LogP contribution is 2.28. The number of hydrogen-bond acceptors (Lipinski definition) is 7. The molecule has 1 atom stereocenters. The first-order valence-corrected chi connectivity index (χ1v) is 11.3. The van der Waals surface area contributed by atoms with Crippen LogP contribution < -0.4 is 14.8 Å². The lowest BCUT2D eigenvalue weighted by Crippen LogP contribution is -2.36. The van der Waals surface area contributed by atoms with Crippen LogP contribution >= 0.6 is 0 Å². The number of carbonyl (C=O) groups excluding carboxylic acids is 1. The van der Waals surface area contributed by atoms with E-state index in [0.717, 1.165) is 68.6 Å². The Labute approximate surface area is 189 Å². The van der Waals surface area contributed by atoms with Crippen molar-refractivity contribution >= 4 is 5.91 Å². The van der Waals surface area contributed by atoms with Gasteiger partial charge in [-0.2, -0.15) is 0 Å². The van der Waals surface area contributed by atoms with Gasteiger partial charge in [-0.1, -0.05) is 6.07 Å². The third kappa shape index (κ3) is 5.05. The number of nitrogens with zero attached hydrogens (tertiary/aromatic N) is 4. The summed E-state index contributed by atoms with van der Waals surface area (Å²) in [5, 5.41) is 12.0. The highest BCUT2D eigenvalue weighted by molar-refractivity contribution is 5.79. The van der Waals surface area contributed by atoms with Crippen LogP contribution in [0.3, 0.4) is 0 Å². The second-order valence-corrected chi connectivity index (χ2v) is 8.46. The van der Waals surface area contributed by atoms with Crippen LogP contribution in [0.2, 0.25) is 0 Å². The Morgan fingerprint density at radius 3 is 2.69 bits per heavy atom. The summed E-state index contributed by atoms with van der Waals surface area (Å²) in [6, 6.07) is 5.88. The predicted molar refractivity (Wildman–Crippen MR) is 119 cm³/mol. The number of benzene rings is 1. The molecule has 0 aliphatic carbocycles. The molecule has 1 amide bonds. The normalized spacial score (nSPS) is 18.5. The molecule has 4 rings (SSSR count). The van der Waals surface area contributed by atoms with Crippen LogP contribution in [0.15, 0.2) is 18.2 Å². The van der Waals surface area contributed by atoms with E-state index in [1.54, 1.807) is 14.2 Å². The molecule has 1 aromatic carbocycles. The van der Waals surface area contributed by atoms with Crippen molar-refractivity contribution in [1.82, 2.24) is 25.0 Å². The van der Waals surface area contributed by atoms with Gasteiger partial charge >= 0.3 is 0 Å².